The van der Waals surface area contributed by atoms with E-state index < -0.39 is 0 Å². The third kappa shape index (κ3) is 3.63. The highest BCUT2D eigenvalue weighted by atomic mass is 32.1. The van der Waals surface area contributed by atoms with Crippen molar-refractivity contribution in [2.24, 2.45) is 0 Å². The van der Waals surface area contributed by atoms with Gasteiger partial charge in [-0.15, -0.1) is 11.3 Å². The fourth-order valence-electron chi connectivity index (χ4n) is 2.35. The second-order valence-corrected chi connectivity index (χ2v) is 6.91. The molecule has 1 aromatic heterocycles. The molecule has 0 aliphatic heterocycles. The van der Waals surface area contributed by atoms with Gasteiger partial charge in [0.2, 0.25) is 0 Å². The van der Waals surface area contributed by atoms with Crippen molar-refractivity contribution < 1.29 is 4.74 Å². The first kappa shape index (κ1) is 16.0. The SMILES string of the molecule is COc1ccc(C(NC(C)C)c2nc(C)c(C)s2)cc1C. The van der Waals surface area contributed by atoms with Gasteiger partial charge in [-0.3, -0.25) is 0 Å². The molecule has 1 aromatic carbocycles. The van der Waals surface area contributed by atoms with E-state index in [4.69, 9.17) is 9.72 Å². The Balaban J connectivity index is 2.42. The molecular formula is C17H24N2OS. The minimum absolute atomic E-state index is 0.131. The highest BCUT2D eigenvalue weighted by molar-refractivity contribution is 7.11. The molecule has 3 nitrogen and oxygen atoms in total. The van der Waals surface area contributed by atoms with Gasteiger partial charge in [0.1, 0.15) is 10.8 Å². The molecule has 1 heterocycles. The summed E-state index contributed by atoms with van der Waals surface area (Å²) in [5, 5.41) is 4.75. The fourth-order valence-corrected chi connectivity index (χ4v) is 3.36. The van der Waals surface area contributed by atoms with E-state index in [-0.39, 0.29) is 6.04 Å². The molecule has 0 aliphatic rings. The summed E-state index contributed by atoms with van der Waals surface area (Å²) in [7, 11) is 1.71. The molecule has 0 saturated heterocycles. The van der Waals surface area contributed by atoms with Gasteiger partial charge in [0.25, 0.3) is 0 Å². The molecule has 1 atom stereocenters. The maximum atomic E-state index is 5.36. The maximum Gasteiger partial charge on any atom is 0.121 e. The summed E-state index contributed by atoms with van der Waals surface area (Å²) in [5.74, 6) is 0.925. The van der Waals surface area contributed by atoms with Crippen LogP contribution in [0.1, 0.15) is 46.6 Å². The van der Waals surface area contributed by atoms with Gasteiger partial charge >= 0.3 is 0 Å². The van der Waals surface area contributed by atoms with Crippen molar-refractivity contribution in [1.82, 2.24) is 10.3 Å². The van der Waals surface area contributed by atoms with E-state index in [2.05, 4.69) is 52.1 Å². The highest BCUT2D eigenvalue weighted by Gasteiger charge is 2.20. The number of benzene rings is 1. The van der Waals surface area contributed by atoms with Crippen molar-refractivity contribution in [2.75, 3.05) is 7.11 Å². The molecule has 1 N–H and O–H groups in total. The standard InChI is InChI=1S/C17H24N2OS/c1-10(2)18-16(17-19-12(4)13(5)21-17)14-7-8-15(20-6)11(3)9-14/h7-10,16,18H,1-6H3. The number of nitrogens with zero attached hydrogens (tertiary/aromatic N) is 1. The van der Waals surface area contributed by atoms with Crippen LogP contribution in [0.15, 0.2) is 18.2 Å². The van der Waals surface area contributed by atoms with Gasteiger partial charge in [-0.05, 0) is 51.8 Å². The number of aromatic nitrogens is 1. The molecule has 114 valence electrons. The molecule has 0 radical (unpaired) electrons. The Morgan fingerprint density at radius 2 is 1.90 bits per heavy atom. The fraction of sp³-hybridized carbons (Fsp3) is 0.471. The third-order valence-electron chi connectivity index (χ3n) is 3.54. The summed E-state index contributed by atoms with van der Waals surface area (Å²) < 4.78 is 5.36. The predicted molar refractivity (Wildman–Crippen MR) is 89.4 cm³/mol. The van der Waals surface area contributed by atoms with Crippen LogP contribution in [0.5, 0.6) is 5.75 Å². The Morgan fingerprint density at radius 1 is 1.19 bits per heavy atom. The van der Waals surface area contributed by atoms with E-state index >= 15 is 0 Å². The van der Waals surface area contributed by atoms with Crippen LogP contribution in [0.25, 0.3) is 0 Å². The summed E-state index contributed by atoms with van der Waals surface area (Å²) in [6.45, 7) is 10.6. The number of hydrogen-bond acceptors (Lipinski definition) is 4. The summed E-state index contributed by atoms with van der Waals surface area (Å²) in [6.07, 6.45) is 0. The van der Waals surface area contributed by atoms with Crippen LogP contribution in [-0.4, -0.2) is 18.1 Å². The van der Waals surface area contributed by atoms with Gasteiger partial charge in [-0.1, -0.05) is 12.1 Å². The van der Waals surface area contributed by atoms with Crippen molar-refractivity contribution >= 4 is 11.3 Å². The van der Waals surface area contributed by atoms with Crippen LogP contribution >= 0.6 is 11.3 Å². The van der Waals surface area contributed by atoms with Crippen molar-refractivity contribution in [1.29, 1.82) is 0 Å². The first-order valence-corrected chi connectivity index (χ1v) is 8.08. The Hall–Kier alpha value is -1.39. The lowest BCUT2D eigenvalue weighted by molar-refractivity contribution is 0.411. The van der Waals surface area contributed by atoms with Crippen molar-refractivity contribution in [3.8, 4) is 5.75 Å². The van der Waals surface area contributed by atoms with Crippen LogP contribution in [0, 0.1) is 20.8 Å². The van der Waals surface area contributed by atoms with Crippen LogP contribution in [0.3, 0.4) is 0 Å². The van der Waals surface area contributed by atoms with E-state index in [9.17, 15) is 0 Å². The number of hydrogen-bond donors (Lipinski definition) is 1. The zero-order valence-corrected chi connectivity index (χ0v) is 14.5. The second-order valence-electron chi connectivity index (χ2n) is 5.68. The lowest BCUT2D eigenvalue weighted by atomic mass is 10.0. The van der Waals surface area contributed by atoms with E-state index in [1.54, 1.807) is 18.4 Å². The van der Waals surface area contributed by atoms with E-state index in [1.165, 1.54) is 10.4 Å². The average Bonchev–Trinajstić information content (AvgIpc) is 2.75. The molecular weight excluding hydrogens is 280 g/mol. The lowest BCUT2D eigenvalue weighted by Gasteiger charge is -2.21. The molecule has 21 heavy (non-hydrogen) atoms. The number of ether oxygens (including phenoxy) is 1. The summed E-state index contributed by atoms with van der Waals surface area (Å²) in [5.41, 5.74) is 3.50. The highest BCUT2D eigenvalue weighted by Crippen LogP contribution is 2.30. The minimum Gasteiger partial charge on any atom is -0.496 e. The molecule has 0 fully saturated rings. The van der Waals surface area contributed by atoms with E-state index in [0.717, 1.165) is 22.0 Å². The molecule has 2 rings (SSSR count). The Labute approximate surface area is 131 Å². The van der Waals surface area contributed by atoms with Crippen LogP contribution in [0.2, 0.25) is 0 Å². The number of rotatable bonds is 5. The number of nitrogens with one attached hydrogen (secondary N) is 1. The Bertz CT molecular complexity index is 600. The number of aryl methyl sites for hydroxylation is 3. The zero-order chi connectivity index (χ0) is 15.6. The lowest BCUT2D eigenvalue weighted by Crippen LogP contribution is -2.29. The van der Waals surface area contributed by atoms with Gasteiger partial charge in [0.05, 0.1) is 18.8 Å². The van der Waals surface area contributed by atoms with Gasteiger partial charge in [-0.2, -0.15) is 0 Å². The molecule has 1 unspecified atom stereocenters. The number of thiazole rings is 1. The Kier molecular flexibility index (Phi) is 5.01. The molecule has 2 aromatic rings. The smallest absolute Gasteiger partial charge is 0.121 e. The van der Waals surface area contributed by atoms with Gasteiger partial charge < -0.3 is 10.1 Å². The van der Waals surface area contributed by atoms with E-state index in [0.29, 0.717) is 6.04 Å². The summed E-state index contributed by atoms with van der Waals surface area (Å²) >= 11 is 1.77. The quantitative estimate of drug-likeness (QED) is 0.900. The molecule has 0 aliphatic carbocycles. The van der Waals surface area contributed by atoms with Gasteiger partial charge in [0, 0.05) is 10.9 Å². The normalized spacial score (nSPS) is 12.7. The van der Waals surface area contributed by atoms with Gasteiger partial charge in [0.15, 0.2) is 0 Å². The molecule has 0 amide bonds. The maximum absolute atomic E-state index is 5.36. The van der Waals surface area contributed by atoms with Crippen molar-refractivity contribution in [3.63, 3.8) is 0 Å². The number of methoxy groups -OCH3 is 1. The molecule has 0 saturated carbocycles. The average molecular weight is 304 g/mol. The Morgan fingerprint density at radius 3 is 2.38 bits per heavy atom. The molecule has 4 heteroatoms. The minimum atomic E-state index is 0.131. The predicted octanol–water partition coefficient (Wildman–Crippen LogP) is 4.16. The second kappa shape index (κ2) is 6.58. The van der Waals surface area contributed by atoms with Crippen LogP contribution < -0.4 is 10.1 Å². The van der Waals surface area contributed by atoms with E-state index in [1.807, 2.05) is 6.07 Å². The first-order valence-electron chi connectivity index (χ1n) is 7.27. The molecule has 0 spiro atoms. The largest absolute Gasteiger partial charge is 0.496 e. The zero-order valence-electron chi connectivity index (χ0n) is 13.7. The summed E-state index contributed by atoms with van der Waals surface area (Å²) in [6, 6.07) is 6.87. The van der Waals surface area contributed by atoms with Crippen LogP contribution in [-0.2, 0) is 0 Å². The monoisotopic (exact) mass is 304 g/mol. The van der Waals surface area contributed by atoms with Crippen LogP contribution in [0.4, 0.5) is 0 Å². The molecule has 0 bridgehead atoms. The van der Waals surface area contributed by atoms with Gasteiger partial charge in [-0.25, -0.2) is 4.98 Å². The van der Waals surface area contributed by atoms with Crippen molar-refractivity contribution in [2.45, 2.75) is 46.7 Å². The topological polar surface area (TPSA) is 34.1 Å². The van der Waals surface area contributed by atoms with Crippen molar-refractivity contribution in [3.05, 3.63) is 44.9 Å². The first-order chi connectivity index (χ1) is 9.92. The third-order valence-corrected chi connectivity index (χ3v) is 4.68. The summed E-state index contributed by atoms with van der Waals surface area (Å²) in [4.78, 5) is 6.02.